The molecule has 2 amide bonds. The number of rotatable bonds is 9. The lowest BCUT2D eigenvalue weighted by Crippen LogP contribution is -2.35. The maximum atomic E-state index is 12.5. The van der Waals surface area contributed by atoms with Gasteiger partial charge in [-0.3, -0.25) is 14.3 Å². The van der Waals surface area contributed by atoms with Crippen LogP contribution >= 0.6 is 0 Å². The van der Waals surface area contributed by atoms with Crippen molar-refractivity contribution in [1.82, 2.24) is 19.8 Å². The average Bonchev–Trinajstić information content (AvgIpc) is 3.56. The van der Waals surface area contributed by atoms with Crippen LogP contribution in [0.4, 0.5) is 5.69 Å². The molecule has 0 radical (unpaired) electrons. The summed E-state index contributed by atoms with van der Waals surface area (Å²) >= 11 is 0. The van der Waals surface area contributed by atoms with Gasteiger partial charge in [-0.2, -0.15) is 5.10 Å². The lowest BCUT2D eigenvalue weighted by molar-refractivity contribution is -0.122. The highest BCUT2D eigenvalue weighted by Crippen LogP contribution is 2.18. The minimum Gasteiger partial charge on any atom is -0.468 e. The third-order valence-electron chi connectivity index (χ3n) is 5.36. The van der Waals surface area contributed by atoms with Crippen LogP contribution in [-0.2, 0) is 27.9 Å². The number of anilines is 1. The second-order valence-corrected chi connectivity index (χ2v) is 9.62. The van der Waals surface area contributed by atoms with Crippen molar-refractivity contribution in [2.24, 2.45) is 0 Å². The van der Waals surface area contributed by atoms with Crippen molar-refractivity contribution in [2.75, 3.05) is 5.32 Å². The Bertz CT molecular complexity index is 1200. The van der Waals surface area contributed by atoms with E-state index in [1.54, 1.807) is 18.3 Å². The normalized spacial score (nSPS) is 14.3. The van der Waals surface area contributed by atoms with Crippen LogP contribution in [0.25, 0.3) is 0 Å². The molecule has 4 rings (SSSR count). The van der Waals surface area contributed by atoms with Crippen molar-refractivity contribution in [1.29, 1.82) is 0 Å². The van der Waals surface area contributed by atoms with E-state index in [0.29, 0.717) is 11.4 Å². The largest absolute Gasteiger partial charge is 0.468 e. The van der Waals surface area contributed by atoms with Gasteiger partial charge in [0.25, 0.3) is 5.91 Å². The lowest BCUT2D eigenvalue weighted by Gasteiger charge is -2.11. The van der Waals surface area contributed by atoms with Crippen LogP contribution in [0.15, 0.2) is 64.4 Å². The number of carbonyl (C=O) groups excluding carboxylic acids is 2. The van der Waals surface area contributed by atoms with Crippen molar-refractivity contribution in [3.63, 3.8) is 0 Å². The monoisotopic (exact) mass is 471 g/mol. The van der Waals surface area contributed by atoms with E-state index in [4.69, 9.17) is 4.42 Å². The van der Waals surface area contributed by atoms with E-state index in [9.17, 15) is 18.0 Å². The van der Waals surface area contributed by atoms with Gasteiger partial charge in [-0.25, -0.2) is 13.1 Å². The van der Waals surface area contributed by atoms with Gasteiger partial charge in [-0.05, 0) is 49.2 Å². The summed E-state index contributed by atoms with van der Waals surface area (Å²) in [6.45, 7) is 0.101. The molecular formula is C22H25N5O5S. The fourth-order valence-corrected chi connectivity index (χ4v) is 4.65. The second-order valence-electron chi connectivity index (χ2n) is 7.86. The maximum absolute atomic E-state index is 12.5. The number of sulfonamides is 1. The molecular weight excluding hydrogens is 446 g/mol. The SMILES string of the molecule is O=C(Cn1cc(NC(=O)c2ccc(S(=O)(=O)NCc3ccco3)cc2)cn1)NC1CCCC1. The molecule has 0 saturated heterocycles. The summed E-state index contributed by atoms with van der Waals surface area (Å²) in [7, 11) is -3.75. The molecule has 0 unspecified atom stereocenters. The Morgan fingerprint density at radius 1 is 1.12 bits per heavy atom. The highest BCUT2D eigenvalue weighted by atomic mass is 32.2. The second kappa shape index (κ2) is 10.0. The number of nitrogens with one attached hydrogen (secondary N) is 3. The van der Waals surface area contributed by atoms with Crippen LogP contribution in [0.1, 0.15) is 41.8 Å². The summed E-state index contributed by atoms with van der Waals surface area (Å²) in [5.41, 5.74) is 0.720. The first-order chi connectivity index (χ1) is 15.9. The Morgan fingerprint density at radius 2 is 1.88 bits per heavy atom. The minimum atomic E-state index is -3.75. The van der Waals surface area contributed by atoms with E-state index in [1.807, 2.05) is 0 Å². The summed E-state index contributed by atoms with van der Waals surface area (Å²) < 4.78 is 33.8. The first-order valence-corrected chi connectivity index (χ1v) is 12.1. The molecule has 1 aliphatic carbocycles. The van der Waals surface area contributed by atoms with E-state index < -0.39 is 15.9 Å². The van der Waals surface area contributed by atoms with Crippen molar-refractivity contribution >= 4 is 27.5 Å². The van der Waals surface area contributed by atoms with Gasteiger partial charge in [0.05, 0.1) is 29.6 Å². The van der Waals surface area contributed by atoms with E-state index in [-0.39, 0.29) is 35.5 Å². The van der Waals surface area contributed by atoms with Crippen LogP contribution in [-0.4, -0.2) is 36.1 Å². The number of amides is 2. The maximum Gasteiger partial charge on any atom is 0.255 e. The summed E-state index contributed by atoms with van der Waals surface area (Å²) in [5.74, 6) is -0.0380. The van der Waals surface area contributed by atoms with Gasteiger partial charge in [-0.1, -0.05) is 12.8 Å². The van der Waals surface area contributed by atoms with Gasteiger partial charge >= 0.3 is 0 Å². The number of carbonyl (C=O) groups is 2. The predicted molar refractivity (Wildman–Crippen MR) is 120 cm³/mol. The third kappa shape index (κ3) is 6.08. The first kappa shape index (κ1) is 22.7. The molecule has 0 atom stereocenters. The summed E-state index contributed by atoms with van der Waals surface area (Å²) in [6, 6.07) is 9.14. The number of nitrogens with zero attached hydrogens (tertiary/aromatic N) is 2. The molecule has 1 saturated carbocycles. The molecule has 174 valence electrons. The molecule has 3 aromatic rings. The quantitative estimate of drug-likeness (QED) is 0.438. The van der Waals surface area contributed by atoms with Crippen molar-refractivity contribution in [3.05, 3.63) is 66.4 Å². The number of hydrogen-bond donors (Lipinski definition) is 3. The van der Waals surface area contributed by atoms with Gasteiger partial charge < -0.3 is 15.1 Å². The number of hydrogen-bond acceptors (Lipinski definition) is 6. The molecule has 2 heterocycles. The Morgan fingerprint density at radius 3 is 2.58 bits per heavy atom. The predicted octanol–water partition coefficient (Wildman–Crippen LogP) is 2.27. The Balaban J connectivity index is 1.31. The Hall–Kier alpha value is -3.44. The van der Waals surface area contributed by atoms with Crippen LogP contribution < -0.4 is 15.4 Å². The lowest BCUT2D eigenvalue weighted by atomic mass is 10.2. The van der Waals surface area contributed by atoms with Crippen LogP contribution in [0.2, 0.25) is 0 Å². The molecule has 1 aromatic carbocycles. The summed E-state index contributed by atoms with van der Waals surface area (Å²) in [4.78, 5) is 24.7. The average molecular weight is 472 g/mol. The van der Waals surface area contributed by atoms with Crippen molar-refractivity contribution < 1.29 is 22.4 Å². The fraction of sp³-hybridized carbons (Fsp3) is 0.318. The number of furan rings is 1. The topological polar surface area (TPSA) is 135 Å². The zero-order chi connectivity index (χ0) is 23.3. The zero-order valence-corrected chi connectivity index (χ0v) is 18.7. The summed E-state index contributed by atoms with van der Waals surface area (Å²) in [6.07, 6.45) is 8.78. The fourth-order valence-electron chi connectivity index (χ4n) is 3.66. The highest BCUT2D eigenvalue weighted by Gasteiger charge is 2.18. The third-order valence-corrected chi connectivity index (χ3v) is 6.78. The van der Waals surface area contributed by atoms with Crippen LogP contribution in [0, 0.1) is 0 Å². The Kier molecular flexibility index (Phi) is 6.90. The zero-order valence-electron chi connectivity index (χ0n) is 17.9. The molecule has 10 nitrogen and oxygen atoms in total. The standard InChI is InChI=1S/C22H25N5O5S/c28-21(25-17-4-1-2-5-17)15-27-14-18(12-23-27)26-22(29)16-7-9-20(10-8-16)33(30,31)24-13-19-6-3-11-32-19/h3,6-12,14,17,24H,1-2,4-5,13,15H2,(H,25,28)(H,26,29). The smallest absolute Gasteiger partial charge is 0.255 e. The number of benzene rings is 1. The molecule has 11 heteroatoms. The summed E-state index contributed by atoms with van der Waals surface area (Å²) in [5, 5.41) is 9.80. The Labute approximate surface area is 191 Å². The first-order valence-electron chi connectivity index (χ1n) is 10.6. The van der Waals surface area contributed by atoms with Gasteiger partial charge in [-0.15, -0.1) is 0 Å². The number of aromatic nitrogens is 2. The van der Waals surface area contributed by atoms with Gasteiger partial charge in [0, 0.05) is 17.8 Å². The van der Waals surface area contributed by atoms with Crippen LogP contribution in [0.5, 0.6) is 0 Å². The van der Waals surface area contributed by atoms with E-state index >= 15 is 0 Å². The van der Waals surface area contributed by atoms with Gasteiger partial charge in [0.2, 0.25) is 15.9 Å². The van der Waals surface area contributed by atoms with Crippen LogP contribution in [0.3, 0.4) is 0 Å². The molecule has 1 aliphatic rings. The molecule has 0 aliphatic heterocycles. The molecule has 0 spiro atoms. The van der Waals surface area contributed by atoms with Gasteiger partial charge in [0.15, 0.2) is 0 Å². The van der Waals surface area contributed by atoms with E-state index in [1.165, 1.54) is 41.4 Å². The molecule has 3 N–H and O–H groups in total. The van der Waals surface area contributed by atoms with Crippen molar-refractivity contribution in [2.45, 2.75) is 49.7 Å². The van der Waals surface area contributed by atoms with E-state index in [0.717, 1.165) is 25.7 Å². The minimum absolute atomic E-state index is 0.0280. The molecule has 2 aromatic heterocycles. The van der Waals surface area contributed by atoms with Gasteiger partial charge in [0.1, 0.15) is 12.3 Å². The van der Waals surface area contributed by atoms with Crippen molar-refractivity contribution in [3.8, 4) is 0 Å². The molecule has 0 bridgehead atoms. The molecule has 33 heavy (non-hydrogen) atoms. The van der Waals surface area contributed by atoms with E-state index in [2.05, 4.69) is 20.5 Å². The highest BCUT2D eigenvalue weighted by molar-refractivity contribution is 7.89. The molecule has 1 fully saturated rings.